The topological polar surface area (TPSA) is 40.5 Å². The van der Waals surface area contributed by atoms with Crippen molar-refractivity contribution in [2.45, 2.75) is 116 Å². The minimum absolute atomic E-state index is 0.0957. The Morgan fingerprint density at radius 3 is 2.33 bits per heavy atom. The molecular weight excluding hydrogens is 332 g/mol. The molecule has 4 aliphatic rings. The van der Waals surface area contributed by atoms with E-state index >= 15 is 0 Å². The zero-order chi connectivity index (χ0) is 19.4. The molecule has 0 aromatic rings. The first kappa shape index (κ1) is 20.2. The van der Waals surface area contributed by atoms with Crippen molar-refractivity contribution in [1.29, 1.82) is 0 Å². The molecule has 4 fully saturated rings. The highest BCUT2D eigenvalue weighted by molar-refractivity contribution is 5.10. The van der Waals surface area contributed by atoms with Gasteiger partial charge in [-0.15, -0.1) is 0 Å². The molecule has 4 aliphatic carbocycles. The molecule has 0 amide bonds. The van der Waals surface area contributed by atoms with Crippen LogP contribution in [0.2, 0.25) is 0 Å². The highest BCUT2D eigenvalue weighted by Gasteiger charge is 2.60. The normalized spacial score (nSPS) is 53.3. The van der Waals surface area contributed by atoms with Crippen molar-refractivity contribution in [1.82, 2.24) is 0 Å². The molecule has 2 N–H and O–H groups in total. The fourth-order valence-electron chi connectivity index (χ4n) is 8.63. The Labute approximate surface area is 167 Å². The van der Waals surface area contributed by atoms with Crippen LogP contribution in [0.15, 0.2) is 0 Å². The van der Waals surface area contributed by atoms with E-state index in [1.807, 2.05) is 0 Å². The maximum absolute atomic E-state index is 10.9. The fourth-order valence-corrected chi connectivity index (χ4v) is 8.63. The average Bonchev–Trinajstić information content (AvgIpc) is 2.99. The number of fused-ring (bicyclic) bond motifs is 5. The van der Waals surface area contributed by atoms with Crippen LogP contribution >= 0.6 is 0 Å². The van der Waals surface area contributed by atoms with Gasteiger partial charge in [-0.1, -0.05) is 27.7 Å². The van der Waals surface area contributed by atoms with E-state index in [1.54, 1.807) is 0 Å². The van der Waals surface area contributed by atoms with E-state index in [0.29, 0.717) is 10.8 Å². The predicted molar refractivity (Wildman–Crippen MR) is 111 cm³/mol. The van der Waals surface area contributed by atoms with Gasteiger partial charge in [0.1, 0.15) is 0 Å². The third kappa shape index (κ3) is 3.12. The van der Waals surface area contributed by atoms with E-state index in [9.17, 15) is 10.2 Å². The van der Waals surface area contributed by atoms with Gasteiger partial charge >= 0.3 is 0 Å². The van der Waals surface area contributed by atoms with Crippen LogP contribution in [0.1, 0.15) is 105 Å². The van der Waals surface area contributed by atoms with Crippen LogP contribution in [-0.2, 0) is 0 Å². The second kappa shape index (κ2) is 7.01. The van der Waals surface area contributed by atoms with Gasteiger partial charge < -0.3 is 10.2 Å². The Morgan fingerprint density at radius 2 is 1.63 bits per heavy atom. The van der Waals surface area contributed by atoms with E-state index in [2.05, 4.69) is 27.7 Å². The molecule has 156 valence electrons. The molecular formula is C25H44O2. The van der Waals surface area contributed by atoms with Crippen LogP contribution in [0.3, 0.4) is 0 Å². The Kier molecular flexibility index (Phi) is 5.25. The second-order valence-electron chi connectivity index (χ2n) is 11.6. The summed E-state index contributed by atoms with van der Waals surface area (Å²) >= 11 is 0. The van der Waals surface area contributed by atoms with Crippen LogP contribution < -0.4 is 0 Å². The van der Waals surface area contributed by atoms with Crippen molar-refractivity contribution in [3.63, 3.8) is 0 Å². The van der Waals surface area contributed by atoms with E-state index in [-0.39, 0.29) is 11.7 Å². The summed E-state index contributed by atoms with van der Waals surface area (Å²) < 4.78 is 0. The van der Waals surface area contributed by atoms with Crippen molar-refractivity contribution >= 4 is 0 Å². The first-order chi connectivity index (χ1) is 12.8. The third-order valence-corrected chi connectivity index (χ3v) is 10.7. The summed E-state index contributed by atoms with van der Waals surface area (Å²) in [6.07, 6.45) is 14.3. The van der Waals surface area contributed by atoms with Crippen LogP contribution in [-0.4, -0.2) is 21.9 Å². The summed E-state index contributed by atoms with van der Waals surface area (Å²) in [4.78, 5) is 0. The number of aliphatic hydroxyl groups excluding tert-OH is 1. The molecule has 0 saturated heterocycles. The molecule has 2 nitrogen and oxygen atoms in total. The molecule has 9 atom stereocenters. The summed E-state index contributed by atoms with van der Waals surface area (Å²) in [5, 5.41) is 21.2. The lowest BCUT2D eigenvalue weighted by molar-refractivity contribution is -0.152. The average molecular weight is 377 g/mol. The Morgan fingerprint density at radius 1 is 0.889 bits per heavy atom. The van der Waals surface area contributed by atoms with Crippen molar-refractivity contribution in [3.05, 3.63) is 0 Å². The van der Waals surface area contributed by atoms with Crippen molar-refractivity contribution in [2.24, 2.45) is 40.4 Å². The first-order valence-corrected chi connectivity index (χ1v) is 12.2. The first-order valence-electron chi connectivity index (χ1n) is 12.2. The van der Waals surface area contributed by atoms with Crippen LogP contribution in [0.25, 0.3) is 0 Å². The van der Waals surface area contributed by atoms with Gasteiger partial charge in [0, 0.05) is 0 Å². The van der Waals surface area contributed by atoms with Crippen molar-refractivity contribution in [3.8, 4) is 0 Å². The van der Waals surface area contributed by atoms with Crippen molar-refractivity contribution in [2.75, 3.05) is 0 Å². The molecule has 0 heterocycles. The van der Waals surface area contributed by atoms with Gasteiger partial charge in [0.2, 0.25) is 0 Å². The van der Waals surface area contributed by atoms with Gasteiger partial charge in [0.15, 0.2) is 0 Å². The summed E-state index contributed by atoms with van der Waals surface area (Å²) in [5.74, 6) is 4.14. The number of hydrogen-bond acceptors (Lipinski definition) is 2. The zero-order valence-electron chi connectivity index (χ0n) is 18.3. The predicted octanol–water partition coefficient (Wildman–Crippen LogP) is 5.95. The Hall–Kier alpha value is -0.0800. The number of aliphatic hydroxyl groups is 2. The van der Waals surface area contributed by atoms with E-state index in [4.69, 9.17) is 0 Å². The SMILES string of the molecule is CCC(O)C[C@H]1CCC2[C@@H]3CCC4C[C@](O)(CC)CCC4(C)C3CC[C@@]21C. The van der Waals surface area contributed by atoms with Crippen LogP contribution in [0.5, 0.6) is 0 Å². The highest BCUT2D eigenvalue weighted by Crippen LogP contribution is 2.68. The Bertz CT molecular complexity index is 546. The molecule has 0 aromatic heterocycles. The lowest BCUT2D eigenvalue weighted by Crippen LogP contribution is -2.55. The molecule has 2 heteroatoms. The molecule has 27 heavy (non-hydrogen) atoms. The molecule has 0 spiro atoms. The fraction of sp³-hybridized carbons (Fsp3) is 1.00. The molecule has 0 radical (unpaired) electrons. The highest BCUT2D eigenvalue weighted by atomic mass is 16.3. The largest absolute Gasteiger partial charge is 0.393 e. The zero-order valence-corrected chi connectivity index (χ0v) is 18.3. The standard InChI is InChI=1S/C25H44O2/c1-5-19(26)15-17-8-10-21-20-9-7-18-16-25(27,6-2)14-13-24(18,4)22(20)11-12-23(17,21)3/h17-22,26-27H,5-16H2,1-4H3/t17-,18?,19?,20+,21?,22?,23-,24?,25+/m1/s1. The van der Waals surface area contributed by atoms with E-state index in [0.717, 1.165) is 61.7 Å². The lowest BCUT2D eigenvalue weighted by atomic mass is 9.43. The van der Waals surface area contributed by atoms with Crippen molar-refractivity contribution < 1.29 is 10.2 Å². The maximum atomic E-state index is 10.9. The molecule has 0 aliphatic heterocycles. The van der Waals surface area contributed by atoms with Gasteiger partial charge in [-0.2, -0.15) is 0 Å². The molecule has 4 saturated carbocycles. The third-order valence-electron chi connectivity index (χ3n) is 10.7. The summed E-state index contributed by atoms with van der Waals surface area (Å²) in [6.45, 7) is 9.47. The second-order valence-corrected chi connectivity index (χ2v) is 11.6. The summed E-state index contributed by atoms with van der Waals surface area (Å²) in [6, 6.07) is 0. The van der Waals surface area contributed by atoms with Gasteiger partial charge in [-0.25, -0.2) is 0 Å². The lowest BCUT2D eigenvalue weighted by Gasteiger charge is -2.62. The smallest absolute Gasteiger partial charge is 0.0648 e. The van der Waals surface area contributed by atoms with Gasteiger partial charge in [-0.05, 0) is 117 Å². The van der Waals surface area contributed by atoms with E-state index in [1.165, 1.54) is 44.9 Å². The summed E-state index contributed by atoms with van der Waals surface area (Å²) in [5.41, 5.74) is 0.556. The Balaban J connectivity index is 1.53. The summed E-state index contributed by atoms with van der Waals surface area (Å²) in [7, 11) is 0. The van der Waals surface area contributed by atoms with Crippen LogP contribution in [0, 0.1) is 40.4 Å². The minimum atomic E-state index is -0.380. The maximum Gasteiger partial charge on any atom is 0.0648 e. The van der Waals surface area contributed by atoms with Gasteiger partial charge in [0.25, 0.3) is 0 Å². The quantitative estimate of drug-likeness (QED) is 0.636. The molecule has 0 bridgehead atoms. The van der Waals surface area contributed by atoms with Crippen LogP contribution in [0.4, 0.5) is 0 Å². The number of rotatable bonds is 4. The van der Waals surface area contributed by atoms with Gasteiger partial charge in [0.05, 0.1) is 11.7 Å². The van der Waals surface area contributed by atoms with E-state index < -0.39 is 0 Å². The van der Waals surface area contributed by atoms with Gasteiger partial charge in [-0.3, -0.25) is 0 Å². The molecule has 4 rings (SSSR count). The minimum Gasteiger partial charge on any atom is -0.393 e. The number of hydrogen-bond donors (Lipinski definition) is 2. The molecule has 0 aromatic carbocycles. The monoisotopic (exact) mass is 376 g/mol. The molecule has 5 unspecified atom stereocenters.